The summed E-state index contributed by atoms with van der Waals surface area (Å²) >= 11 is 0. The lowest BCUT2D eigenvalue weighted by Crippen LogP contribution is -2.40. The van der Waals surface area contributed by atoms with Crippen LogP contribution >= 0.6 is 0 Å². The fraction of sp³-hybridized carbons (Fsp3) is 0.400. The summed E-state index contributed by atoms with van der Waals surface area (Å²) in [5.74, 6) is 0.973. The highest BCUT2D eigenvalue weighted by Crippen LogP contribution is 2.12. The standard InChI is InChI=1S/C15H21N3/c1-2-11-16-15(18-12-7-4-8-13-18)17-14-9-5-3-6-10-14/h2-3,5-6,9-10H,1,4,7-8,11-13H2,(H,16,17). The van der Waals surface area contributed by atoms with E-state index in [4.69, 9.17) is 0 Å². The Morgan fingerprint density at radius 1 is 1.22 bits per heavy atom. The minimum absolute atomic E-state index is 0.658. The van der Waals surface area contributed by atoms with Crippen molar-refractivity contribution in [2.24, 2.45) is 4.99 Å². The van der Waals surface area contributed by atoms with Crippen LogP contribution in [0.5, 0.6) is 0 Å². The monoisotopic (exact) mass is 243 g/mol. The summed E-state index contributed by atoms with van der Waals surface area (Å²) in [7, 11) is 0. The zero-order valence-corrected chi connectivity index (χ0v) is 10.8. The molecule has 1 saturated heterocycles. The Bertz CT molecular complexity index is 391. The number of likely N-dealkylation sites (tertiary alicyclic amines) is 1. The van der Waals surface area contributed by atoms with Gasteiger partial charge in [0.05, 0.1) is 6.54 Å². The third-order valence-electron chi connectivity index (χ3n) is 3.06. The van der Waals surface area contributed by atoms with Gasteiger partial charge in [0, 0.05) is 18.8 Å². The minimum Gasteiger partial charge on any atom is -0.343 e. The third-order valence-corrected chi connectivity index (χ3v) is 3.06. The average molecular weight is 243 g/mol. The van der Waals surface area contributed by atoms with Gasteiger partial charge in [-0.25, -0.2) is 4.99 Å². The fourth-order valence-corrected chi connectivity index (χ4v) is 2.13. The summed E-state index contributed by atoms with van der Waals surface area (Å²) in [5.41, 5.74) is 1.09. The Balaban J connectivity index is 2.07. The quantitative estimate of drug-likeness (QED) is 0.502. The van der Waals surface area contributed by atoms with Crippen LogP contribution in [0.3, 0.4) is 0 Å². The van der Waals surface area contributed by atoms with E-state index in [-0.39, 0.29) is 0 Å². The molecule has 96 valence electrons. The van der Waals surface area contributed by atoms with E-state index in [9.17, 15) is 0 Å². The van der Waals surface area contributed by atoms with Gasteiger partial charge in [0.2, 0.25) is 0 Å². The Hall–Kier alpha value is -1.77. The van der Waals surface area contributed by atoms with Gasteiger partial charge in [-0.2, -0.15) is 0 Å². The average Bonchev–Trinajstić information content (AvgIpc) is 2.45. The second-order valence-corrected chi connectivity index (χ2v) is 4.49. The number of rotatable bonds is 3. The number of piperidine rings is 1. The number of hydrogen-bond donors (Lipinski definition) is 1. The molecule has 0 saturated carbocycles. The van der Waals surface area contributed by atoms with Crippen LogP contribution in [0.1, 0.15) is 19.3 Å². The lowest BCUT2D eigenvalue weighted by Gasteiger charge is -2.30. The molecule has 1 heterocycles. The summed E-state index contributed by atoms with van der Waals surface area (Å²) in [6.07, 6.45) is 5.67. The van der Waals surface area contributed by atoms with E-state index in [2.05, 4.69) is 33.9 Å². The smallest absolute Gasteiger partial charge is 0.198 e. The number of guanidine groups is 1. The predicted octanol–water partition coefficient (Wildman–Crippen LogP) is 3.13. The van der Waals surface area contributed by atoms with Crippen LogP contribution in [0, 0.1) is 0 Å². The number of hydrogen-bond acceptors (Lipinski definition) is 1. The first-order valence-corrected chi connectivity index (χ1v) is 6.62. The maximum absolute atomic E-state index is 4.57. The molecule has 0 unspecified atom stereocenters. The number of nitrogens with zero attached hydrogens (tertiary/aromatic N) is 2. The van der Waals surface area contributed by atoms with Crippen LogP contribution in [0.15, 0.2) is 48.0 Å². The van der Waals surface area contributed by atoms with Gasteiger partial charge < -0.3 is 10.2 Å². The molecule has 0 radical (unpaired) electrons. The van der Waals surface area contributed by atoms with E-state index in [1.165, 1.54) is 19.3 Å². The van der Waals surface area contributed by atoms with Crippen molar-refractivity contribution in [3.05, 3.63) is 43.0 Å². The van der Waals surface area contributed by atoms with E-state index in [1.54, 1.807) is 0 Å². The van der Waals surface area contributed by atoms with E-state index in [1.807, 2.05) is 24.3 Å². The number of nitrogens with one attached hydrogen (secondary N) is 1. The van der Waals surface area contributed by atoms with Crippen molar-refractivity contribution in [3.8, 4) is 0 Å². The molecule has 3 heteroatoms. The predicted molar refractivity (Wildman–Crippen MR) is 78.0 cm³/mol. The Morgan fingerprint density at radius 2 is 1.94 bits per heavy atom. The first-order valence-electron chi connectivity index (χ1n) is 6.62. The topological polar surface area (TPSA) is 27.6 Å². The van der Waals surface area contributed by atoms with E-state index in [0.29, 0.717) is 6.54 Å². The first-order chi connectivity index (χ1) is 8.90. The number of benzene rings is 1. The normalized spacial score (nSPS) is 16.4. The molecule has 0 aliphatic carbocycles. The van der Waals surface area contributed by atoms with Gasteiger partial charge >= 0.3 is 0 Å². The molecule has 0 spiro atoms. The summed E-state index contributed by atoms with van der Waals surface area (Å²) < 4.78 is 0. The second-order valence-electron chi connectivity index (χ2n) is 4.49. The van der Waals surface area contributed by atoms with Gasteiger partial charge in [0.15, 0.2) is 5.96 Å². The highest BCUT2D eigenvalue weighted by molar-refractivity contribution is 5.93. The molecule has 0 bridgehead atoms. The molecule has 1 aromatic rings. The van der Waals surface area contributed by atoms with Crippen molar-refractivity contribution in [2.45, 2.75) is 19.3 Å². The Labute approximate surface area is 109 Å². The molecular weight excluding hydrogens is 222 g/mol. The molecule has 0 atom stereocenters. The first kappa shape index (κ1) is 12.7. The largest absolute Gasteiger partial charge is 0.343 e. The van der Waals surface area contributed by atoms with Crippen molar-refractivity contribution >= 4 is 11.6 Å². The summed E-state index contributed by atoms with van der Waals surface area (Å²) in [6, 6.07) is 10.2. The molecule has 1 aromatic carbocycles. The molecule has 0 aromatic heterocycles. The number of anilines is 1. The lowest BCUT2D eigenvalue weighted by molar-refractivity contribution is 0.341. The van der Waals surface area contributed by atoms with Crippen molar-refractivity contribution in [1.29, 1.82) is 0 Å². The SMILES string of the molecule is C=CCN=C(Nc1ccccc1)N1CCCCC1. The van der Waals surface area contributed by atoms with Crippen LogP contribution in [-0.4, -0.2) is 30.5 Å². The molecule has 3 nitrogen and oxygen atoms in total. The third kappa shape index (κ3) is 3.62. The summed E-state index contributed by atoms with van der Waals surface area (Å²) in [4.78, 5) is 6.91. The maximum atomic E-state index is 4.57. The number of aliphatic imine (C=N–C) groups is 1. The van der Waals surface area contributed by atoms with Crippen LogP contribution < -0.4 is 5.32 Å². The van der Waals surface area contributed by atoms with Crippen molar-refractivity contribution in [2.75, 3.05) is 25.0 Å². The van der Waals surface area contributed by atoms with Gasteiger partial charge in [-0.15, -0.1) is 6.58 Å². The van der Waals surface area contributed by atoms with Gasteiger partial charge in [-0.3, -0.25) is 0 Å². The van der Waals surface area contributed by atoms with E-state index >= 15 is 0 Å². The van der Waals surface area contributed by atoms with Gasteiger partial charge in [-0.1, -0.05) is 24.3 Å². The van der Waals surface area contributed by atoms with Crippen LogP contribution in [0.4, 0.5) is 5.69 Å². The van der Waals surface area contributed by atoms with E-state index < -0.39 is 0 Å². The molecule has 1 fully saturated rings. The highest BCUT2D eigenvalue weighted by atomic mass is 15.3. The zero-order chi connectivity index (χ0) is 12.6. The van der Waals surface area contributed by atoms with Crippen LogP contribution in [0.2, 0.25) is 0 Å². The second kappa shape index (κ2) is 6.84. The van der Waals surface area contributed by atoms with Gasteiger partial charge in [0.25, 0.3) is 0 Å². The van der Waals surface area contributed by atoms with Crippen LogP contribution in [0.25, 0.3) is 0 Å². The Kier molecular flexibility index (Phi) is 4.82. The van der Waals surface area contributed by atoms with Gasteiger partial charge in [0.1, 0.15) is 0 Å². The zero-order valence-electron chi connectivity index (χ0n) is 10.8. The lowest BCUT2D eigenvalue weighted by atomic mass is 10.1. The number of para-hydroxylation sites is 1. The Morgan fingerprint density at radius 3 is 2.61 bits per heavy atom. The fourth-order valence-electron chi connectivity index (χ4n) is 2.13. The van der Waals surface area contributed by atoms with Crippen molar-refractivity contribution in [1.82, 2.24) is 4.90 Å². The van der Waals surface area contributed by atoms with Crippen LogP contribution in [-0.2, 0) is 0 Å². The summed E-state index contributed by atoms with van der Waals surface area (Å²) in [5, 5.41) is 3.41. The summed E-state index contributed by atoms with van der Waals surface area (Å²) in [6.45, 7) is 6.58. The maximum Gasteiger partial charge on any atom is 0.198 e. The molecule has 2 rings (SSSR count). The minimum atomic E-state index is 0.658. The highest BCUT2D eigenvalue weighted by Gasteiger charge is 2.14. The van der Waals surface area contributed by atoms with Crippen molar-refractivity contribution in [3.63, 3.8) is 0 Å². The van der Waals surface area contributed by atoms with Crippen molar-refractivity contribution < 1.29 is 0 Å². The molecular formula is C15H21N3. The van der Waals surface area contributed by atoms with E-state index in [0.717, 1.165) is 24.7 Å². The molecule has 1 aliphatic heterocycles. The van der Waals surface area contributed by atoms with Gasteiger partial charge in [-0.05, 0) is 31.4 Å². The molecule has 0 amide bonds. The molecule has 1 N–H and O–H groups in total. The molecule has 1 aliphatic rings. The molecule has 18 heavy (non-hydrogen) atoms.